The quantitative estimate of drug-likeness (QED) is 0.873. The Balaban J connectivity index is 1.98. The van der Waals surface area contributed by atoms with E-state index in [0.29, 0.717) is 32.1 Å². The smallest absolute Gasteiger partial charge is 0.165 e. The molecule has 17 heavy (non-hydrogen) atoms. The van der Waals surface area contributed by atoms with Crippen molar-refractivity contribution in [1.29, 1.82) is 0 Å². The zero-order valence-corrected chi connectivity index (χ0v) is 9.82. The molecule has 1 heterocycles. The van der Waals surface area contributed by atoms with Crippen molar-refractivity contribution < 1.29 is 13.9 Å². The third kappa shape index (κ3) is 2.96. The molecule has 0 atom stereocenters. The summed E-state index contributed by atoms with van der Waals surface area (Å²) in [5.41, 5.74) is 5.74. The Morgan fingerprint density at radius 3 is 2.65 bits per heavy atom. The summed E-state index contributed by atoms with van der Waals surface area (Å²) in [6.07, 6.45) is 1.75. The molecule has 0 saturated carbocycles. The first-order valence-electron chi connectivity index (χ1n) is 5.91. The molecule has 1 saturated heterocycles. The zero-order valence-electron chi connectivity index (χ0n) is 9.82. The Kier molecular flexibility index (Phi) is 3.97. The second-order valence-electron chi connectivity index (χ2n) is 4.54. The molecule has 1 aliphatic heterocycles. The molecule has 1 aliphatic rings. The van der Waals surface area contributed by atoms with Crippen LogP contribution in [0, 0.1) is 11.2 Å². The Morgan fingerprint density at radius 2 is 2.00 bits per heavy atom. The first kappa shape index (κ1) is 12.3. The fourth-order valence-corrected chi connectivity index (χ4v) is 2.00. The van der Waals surface area contributed by atoms with Crippen LogP contribution in [0.5, 0.6) is 5.75 Å². The topological polar surface area (TPSA) is 44.5 Å². The maximum absolute atomic E-state index is 13.4. The fraction of sp³-hybridized carbons (Fsp3) is 0.538. The number of halogens is 1. The van der Waals surface area contributed by atoms with Crippen molar-refractivity contribution in [1.82, 2.24) is 0 Å². The lowest BCUT2D eigenvalue weighted by atomic mass is 9.81. The van der Waals surface area contributed by atoms with Gasteiger partial charge in [0.1, 0.15) is 0 Å². The van der Waals surface area contributed by atoms with Crippen LogP contribution in [0.15, 0.2) is 24.3 Å². The van der Waals surface area contributed by atoms with E-state index in [0.717, 1.165) is 12.8 Å². The summed E-state index contributed by atoms with van der Waals surface area (Å²) in [6, 6.07) is 6.44. The van der Waals surface area contributed by atoms with E-state index in [1.165, 1.54) is 6.07 Å². The Bertz CT molecular complexity index is 364. The number of hydrogen-bond acceptors (Lipinski definition) is 3. The molecule has 0 aliphatic carbocycles. The molecule has 0 unspecified atom stereocenters. The van der Waals surface area contributed by atoms with Gasteiger partial charge in [-0.3, -0.25) is 0 Å². The highest BCUT2D eigenvalue weighted by Crippen LogP contribution is 2.30. The third-order valence-corrected chi connectivity index (χ3v) is 3.36. The van der Waals surface area contributed by atoms with Crippen LogP contribution in [0.2, 0.25) is 0 Å². The molecular formula is C13H18FNO2. The molecule has 0 spiro atoms. The average Bonchev–Trinajstić information content (AvgIpc) is 2.39. The van der Waals surface area contributed by atoms with Gasteiger partial charge in [0.15, 0.2) is 11.6 Å². The normalized spacial score (nSPS) is 18.9. The van der Waals surface area contributed by atoms with Crippen molar-refractivity contribution in [2.75, 3.05) is 26.4 Å². The number of para-hydroxylation sites is 1. The molecule has 1 aromatic rings. The first-order chi connectivity index (χ1) is 8.26. The highest BCUT2D eigenvalue weighted by molar-refractivity contribution is 5.23. The van der Waals surface area contributed by atoms with E-state index in [1.54, 1.807) is 18.2 Å². The summed E-state index contributed by atoms with van der Waals surface area (Å²) in [4.78, 5) is 0. The van der Waals surface area contributed by atoms with Gasteiger partial charge >= 0.3 is 0 Å². The van der Waals surface area contributed by atoms with Crippen LogP contribution in [0.25, 0.3) is 0 Å². The largest absolute Gasteiger partial charge is 0.490 e. The summed E-state index contributed by atoms with van der Waals surface area (Å²) in [7, 11) is 0. The van der Waals surface area contributed by atoms with Crippen LogP contribution < -0.4 is 10.5 Å². The molecular weight excluding hydrogens is 221 g/mol. The number of ether oxygens (including phenoxy) is 2. The summed E-state index contributed by atoms with van der Waals surface area (Å²) >= 11 is 0. The van der Waals surface area contributed by atoms with Crippen molar-refractivity contribution in [2.45, 2.75) is 12.8 Å². The second-order valence-corrected chi connectivity index (χ2v) is 4.54. The molecule has 94 valence electrons. The summed E-state index contributed by atoms with van der Waals surface area (Å²) in [5, 5.41) is 0. The van der Waals surface area contributed by atoms with Crippen molar-refractivity contribution in [3.63, 3.8) is 0 Å². The first-order valence-corrected chi connectivity index (χ1v) is 5.91. The monoisotopic (exact) mass is 239 g/mol. The van der Waals surface area contributed by atoms with Crippen molar-refractivity contribution in [2.24, 2.45) is 11.1 Å². The van der Waals surface area contributed by atoms with Gasteiger partial charge < -0.3 is 15.2 Å². The summed E-state index contributed by atoms with van der Waals surface area (Å²) < 4.78 is 24.3. The predicted molar refractivity (Wildman–Crippen MR) is 63.4 cm³/mol. The molecule has 4 heteroatoms. The van der Waals surface area contributed by atoms with Gasteiger partial charge in [0.25, 0.3) is 0 Å². The second kappa shape index (κ2) is 5.47. The van der Waals surface area contributed by atoms with Crippen LogP contribution >= 0.6 is 0 Å². The lowest BCUT2D eigenvalue weighted by molar-refractivity contribution is -0.00563. The van der Waals surface area contributed by atoms with E-state index in [1.807, 2.05) is 0 Å². The average molecular weight is 239 g/mol. The zero-order chi connectivity index (χ0) is 12.1. The van der Waals surface area contributed by atoms with Gasteiger partial charge in [-0.2, -0.15) is 0 Å². The van der Waals surface area contributed by atoms with Gasteiger partial charge in [0.05, 0.1) is 6.61 Å². The van der Waals surface area contributed by atoms with Gasteiger partial charge in [-0.1, -0.05) is 12.1 Å². The molecule has 1 aromatic carbocycles. The fourth-order valence-electron chi connectivity index (χ4n) is 2.00. The lowest BCUT2D eigenvalue weighted by Crippen LogP contribution is -2.41. The van der Waals surface area contributed by atoms with Crippen LogP contribution in [0.1, 0.15) is 12.8 Å². The van der Waals surface area contributed by atoms with E-state index in [2.05, 4.69) is 0 Å². The van der Waals surface area contributed by atoms with Gasteiger partial charge in [0, 0.05) is 25.2 Å². The minimum Gasteiger partial charge on any atom is -0.490 e. The molecule has 0 radical (unpaired) electrons. The minimum absolute atomic E-state index is 0.0689. The molecule has 3 nitrogen and oxygen atoms in total. The lowest BCUT2D eigenvalue weighted by Gasteiger charge is -2.35. The third-order valence-electron chi connectivity index (χ3n) is 3.36. The minimum atomic E-state index is -0.327. The molecule has 0 aromatic heterocycles. The van der Waals surface area contributed by atoms with E-state index in [9.17, 15) is 4.39 Å². The van der Waals surface area contributed by atoms with E-state index in [4.69, 9.17) is 15.2 Å². The number of nitrogens with two attached hydrogens (primary N) is 1. The van der Waals surface area contributed by atoms with Gasteiger partial charge in [-0.15, -0.1) is 0 Å². The van der Waals surface area contributed by atoms with Crippen LogP contribution in [-0.2, 0) is 4.74 Å². The molecule has 2 rings (SSSR count). The van der Waals surface area contributed by atoms with Gasteiger partial charge in [0.2, 0.25) is 0 Å². The molecule has 0 amide bonds. The summed E-state index contributed by atoms with van der Waals surface area (Å²) in [6.45, 7) is 2.41. The van der Waals surface area contributed by atoms with Gasteiger partial charge in [-0.05, 0) is 25.0 Å². The maximum atomic E-state index is 13.4. The maximum Gasteiger partial charge on any atom is 0.165 e. The number of rotatable bonds is 4. The van der Waals surface area contributed by atoms with Crippen LogP contribution in [-0.4, -0.2) is 26.4 Å². The predicted octanol–water partition coefficient (Wildman–Crippen LogP) is 1.96. The summed E-state index contributed by atoms with van der Waals surface area (Å²) in [5.74, 6) is -0.0291. The van der Waals surface area contributed by atoms with E-state index < -0.39 is 0 Å². The SMILES string of the molecule is NCC1(COc2ccccc2F)CCOCC1. The molecule has 2 N–H and O–H groups in total. The number of benzene rings is 1. The Hall–Kier alpha value is -1.13. The van der Waals surface area contributed by atoms with Crippen molar-refractivity contribution >= 4 is 0 Å². The number of hydrogen-bond donors (Lipinski definition) is 1. The Morgan fingerprint density at radius 1 is 1.29 bits per heavy atom. The van der Waals surface area contributed by atoms with Crippen LogP contribution in [0.3, 0.4) is 0 Å². The van der Waals surface area contributed by atoms with E-state index >= 15 is 0 Å². The highest BCUT2D eigenvalue weighted by Gasteiger charge is 2.32. The van der Waals surface area contributed by atoms with E-state index in [-0.39, 0.29) is 11.2 Å². The van der Waals surface area contributed by atoms with Gasteiger partial charge in [-0.25, -0.2) is 4.39 Å². The Labute approximate surface area is 101 Å². The molecule has 1 fully saturated rings. The van der Waals surface area contributed by atoms with Crippen LogP contribution in [0.4, 0.5) is 4.39 Å². The van der Waals surface area contributed by atoms with Crippen molar-refractivity contribution in [3.05, 3.63) is 30.1 Å². The van der Waals surface area contributed by atoms with Crippen molar-refractivity contribution in [3.8, 4) is 5.75 Å². The highest BCUT2D eigenvalue weighted by atomic mass is 19.1. The standard InChI is InChI=1S/C13H18FNO2/c14-11-3-1-2-4-12(11)17-10-13(9-15)5-7-16-8-6-13/h1-4H,5-10,15H2. The molecule has 0 bridgehead atoms.